The van der Waals surface area contributed by atoms with Crippen molar-refractivity contribution in [2.45, 2.75) is 258 Å². The van der Waals surface area contributed by atoms with Gasteiger partial charge < -0.3 is 14.2 Å². The van der Waals surface area contributed by atoms with Crippen LogP contribution in [0.5, 0.6) is 0 Å². The lowest BCUT2D eigenvalue weighted by atomic mass is 10.1. The average Bonchev–Trinajstić information content (AvgIpc) is 3.41. The molecule has 0 spiro atoms. The zero-order chi connectivity index (χ0) is 54.3. The summed E-state index contributed by atoms with van der Waals surface area (Å²) < 4.78 is 16.8. The van der Waals surface area contributed by atoms with E-state index in [0.29, 0.717) is 19.3 Å². The summed E-state index contributed by atoms with van der Waals surface area (Å²) in [5, 5.41) is 0. The molecule has 0 aliphatic rings. The van der Waals surface area contributed by atoms with Gasteiger partial charge in [-0.1, -0.05) is 244 Å². The van der Waals surface area contributed by atoms with Gasteiger partial charge in [-0.25, -0.2) is 0 Å². The summed E-state index contributed by atoms with van der Waals surface area (Å²) in [4.78, 5) is 38.3. The van der Waals surface area contributed by atoms with E-state index >= 15 is 0 Å². The van der Waals surface area contributed by atoms with Crippen LogP contribution in [0.25, 0.3) is 0 Å². The molecule has 0 heterocycles. The quantitative estimate of drug-likeness (QED) is 0.0261. The Hall–Kier alpha value is -4.71. The Labute approximate surface area is 461 Å². The molecule has 0 aliphatic carbocycles. The number of unbranched alkanes of at least 4 members (excludes halogenated alkanes) is 18. The van der Waals surface area contributed by atoms with Crippen molar-refractivity contribution < 1.29 is 28.6 Å². The minimum atomic E-state index is -0.819. The van der Waals surface area contributed by atoms with E-state index in [4.69, 9.17) is 14.2 Å². The number of carbonyl (C=O) groups is 3. The van der Waals surface area contributed by atoms with Crippen molar-refractivity contribution in [3.63, 3.8) is 0 Å². The van der Waals surface area contributed by atoms with E-state index in [1.54, 1.807) is 0 Å². The average molecular weight is 1040 g/mol. The molecule has 0 bridgehead atoms. The predicted molar refractivity (Wildman–Crippen MR) is 325 cm³/mol. The van der Waals surface area contributed by atoms with Gasteiger partial charge in [-0.05, 0) is 135 Å². The summed E-state index contributed by atoms with van der Waals surface area (Å²) in [5.41, 5.74) is 0. The molecule has 75 heavy (non-hydrogen) atoms. The molecule has 0 saturated heterocycles. The maximum absolute atomic E-state index is 12.9. The van der Waals surface area contributed by atoms with E-state index in [9.17, 15) is 14.4 Å². The Bertz CT molecular complexity index is 1660. The van der Waals surface area contributed by atoms with Gasteiger partial charge >= 0.3 is 17.9 Å². The van der Waals surface area contributed by atoms with Gasteiger partial charge in [0, 0.05) is 19.3 Å². The monoisotopic (exact) mass is 1030 g/mol. The Morgan fingerprint density at radius 1 is 0.280 bits per heavy atom. The highest BCUT2D eigenvalue weighted by Gasteiger charge is 2.19. The number of ether oxygens (including phenoxy) is 3. The van der Waals surface area contributed by atoms with E-state index in [0.717, 1.165) is 135 Å². The Balaban J connectivity index is 4.53. The molecule has 0 rings (SSSR count). The van der Waals surface area contributed by atoms with Crippen LogP contribution in [0.3, 0.4) is 0 Å². The van der Waals surface area contributed by atoms with E-state index in [1.807, 2.05) is 0 Å². The first-order valence-electron chi connectivity index (χ1n) is 30.3. The molecule has 422 valence electrons. The first kappa shape index (κ1) is 70.3. The first-order chi connectivity index (χ1) is 37.0. The van der Waals surface area contributed by atoms with Gasteiger partial charge in [0.2, 0.25) is 0 Å². The minimum Gasteiger partial charge on any atom is -0.462 e. The zero-order valence-electron chi connectivity index (χ0n) is 48.3. The van der Waals surface area contributed by atoms with Gasteiger partial charge in [0.25, 0.3) is 0 Å². The molecule has 0 aliphatic heterocycles. The zero-order valence-corrected chi connectivity index (χ0v) is 48.3. The van der Waals surface area contributed by atoms with Crippen molar-refractivity contribution in [3.8, 4) is 0 Å². The molecule has 6 heteroatoms. The van der Waals surface area contributed by atoms with Crippen molar-refractivity contribution >= 4 is 17.9 Å². The highest BCUT2D eigenvalue weighted by atomic mass is 16.6. The first-order valence-corrected chi connectivity index (χ1v) is 30.3. The SMILES string of the molecule is CC/C=C\C/C=C\C/C=C\C/C=C\C/C=C\CCCCCCCC(=O)OCC(COC(=O)CCC/C=C\C/C=C\C/C=C\C/C=C\C/C=C\CC)OC(=O)CCCCCCCCCCC/C=C\C/C=C\CCCCC. The summed E-state index contributed by atoms with van der Waals surface area (Å²) in [6.45, 7) is 6.32. The van der Waals surface area contributed by atoms with Crippen LogP contribution in [-0.2, 0) is 28.6 Å². The Morgan fingerprint density at radius 3 is 0.867 bits per heavy atom. The van der Waals surface area contributed by atoms with Crippen LogP contribution >= 0.6 is 0 Å². The van der Waals surface area contributed by atoms with Crippen LogP contribution in [0.1, 0.15) is 252 Å². The fourth-order valence-electron chi connectivity index (χ4n) is 7.83. The molecule has 0 radical (unpaired) electrons. The van der Waals surface area contributed by atoms with Crippen molar-refractivity contribution in [3.05, 3.63) is 146 Å². The second-order valence-corrected chi connectivity index (χ2v) is 19.5. The third-order valence-electron chi connectivity index (χ3n) is 12.3. The van der Waals surface area contributed by atoms with Crippen LogP contribution in [0.4, 0.5) is 0 Å². The van der Waals surface area contributed by atoms with E-state index in [1.165, 1.54) is 70.6 Å². The molecule has 1 atom stereocenters. The maximum Gasteiger partial charge on any atom is 0.306 e. The van der Waals surface area contributed by atoms with Crippen molar-refractivity contribution in [1.29, 1.82) is 0 Å². The predicted octanol–water partition coefficient (Wildman–Crippen LogP) is 20.8. The molecule has 0 N–H and O–H groups in total. The summed E-state index contributed by atoms with van der Waals surface area (Å²) in [6.07, 6.45) is 88.4. The minimum absolute atomic E-state index is 0.113. The van der Waals surface area contributed by atoms with Crippen molar-refractivity contribution in [1.82, 2.24) is 0 Å². The van der Waals surface area contributed by atoms with Gasteiger partial charge in [0.15, 0.2) is 6.10 Å². The Kier molecular flexibility index (Phi) is 58.0. The molecule has 0 fully saturated rings. The van der Waals surface area contributed by atoms with Gasteiger partial charge in [0.1, 0.15) is 13.2 Å². The fourth-order valence-corrected chi connectivity index (χ4v) is 7.83. The molecule has 0 saturated carbocycles. The second kappa shape index (κ2) is 61.8. The van der Waals surface area contributed by atoms with Gasteiger partial charge in [-0.15, -0.1) is 0 Å². The lowest BCUT2D eigenvalue weighted by Gasteiger charge is -2.18. The normalized spacial score (nSPS) is 13.2. The van der Waals surface area contributed by atoms with E-state index in [-0.39, 0.29) is 37.5 Å². The summed E-state index contributed by atoms with van der Waals surface area (Å²) in [6, 6.07) is 0. The Morgan fingerprint density at radius 2 is 0.533 bits per heavy atom. The standard InChI is InChI=1S/C69H110O6/c1-4-7-10-13-16-19-22-25-28-31-33-34-36-38-41-44-47-50-53-56-59-62-68(71)74-65-66(64-73-67(70)61-58-55-52-49-46-43-40-37-30-27-24-21-18-15-12-9-6-3)75-69(72)63-60-57-54-51-48-45-42-39-35-32-29-26-23-20-17-14-11-8-5-2/h7,9-10,12,16-21,25-30,33-34,38,40-41,43,49,52,66H,4-6,8,11,13-15,22-24,31-32,35-37,39,42,44-48,50-51,53-65H2,1-3H3/b10-7-,12-9-,19-16-,20-17-,21-18-,28-25-,29-26-,30-27-,34-33-,41-38-,43-40-,52-49-. The lowest BCUT2D eigenvalue weighted by molar-refractivity contribution is -0.167. The third-order valence-corrected chi connectivity index (χ3v) is 12.3. The number of esters is 3. The van der Waals surface area contributed by atoms with Gasteiger partial charge in [-0.3, -0.25) is 14.4 Å². The molecule has 0 aromatic heterocycles. The highest BCUT2D eigenvalue weighted by Crippen LogP contribution is 2.14. The number of allylic oxidation sites excluding steroid dienone is 24. The van der Waals surface area contributed by atoms with Crippen LogP contribution in [-0.4, -0.2) is 37.2 Å². The molecule has 6 nitrogen and oxygen atoms in total. The largest absolute Gasteiger partial charge is 0.462 e. The molecular weight excluding hydrogens is 925 g/mol. The lowest BCUT2D eigenvalue weighted by Crippen LogP contribution is -2.30. The summed E-state index contributed by atoms with van der Waals surface area (Å²) in [5.74, 6) is -0.997. The third kappa shape index (κ3) is 60.0. The second-order valence-electron chi connectivity index (χ2n) is 19.5. The van der Waals surface area contributed by atoms with Gasteiger partial charge in [0.05, 0.1) is 0 Å². The van der Waals surface area contributed by atoms with Gasteiger partial charge in [-0.2, -0.15) is 0 Å². The van der Waals surface area contributed by atoms with Crippen LogP contribution in [0.15, 0.2) is 146 Å². The number of carbonyl (C=O) groups excluding carboxylic acids is 3. The highest BCUT2D eigenvalue weighted by molar-refractivity contribution is 5.71. The molecular formula is C69H110O6. The molecule has 1 unspecified atom stereocenters. The number of hydrogen-bond acceptors (Lipinski definition) is 6. The van der Waals surface area contributed by atoms with E-state index < -0.39 is 6.10 Å². The maximum atomic E-state index is 12.9. The topological polar surface area (TPSA) is 78.9 Å². The summed E-state index contributed by atoms with van der Waals surface area (Å²) >= 11 is 0. The molecule has 0 aromatic carbocycles. The molecule has 0 aromatic rings. The fraction of sp³-hybridized carbons (Fsp3) is 0.609. The van der Waals surface area contributed by atoms with Crippen LogP contribution in [0, 0.1) is 0 Å². The van der Waals surface area contributed by atoms with Crippen molar-refractivity contribution in [2.75, 3.05) is 13.2 Å². The number of rotatable bonds is 53. The van der Waals surface area contributed by atoms with Crippen LogP contribution in [0.2, 0.25) is 0 Å². The molecule has 0 amide bonds. The smallest absolute Gasteiger partial charge is 0.306 e. The number of hydrogen-bond donors (Lipinski definition) is 0. The van der Waals surface area contributed by atoms with E-state index in [2.05, 4.69) is 167 Å². The summed E-state index contributed by atoms with van der Waals surface area (Å²) in [7, 11) is 0. The van der Waals surface area contributed by atoms with Crippen molar-refractivity contribution in [2.24, 2.45) is 0 Å². The van der Waals surface area contributed by atoms with Crippen LogP contribution < -0.4 is 0 Å².